The summed E-state index contributed by atoms with van der Waals surface area (Å²) in [6, 6.07) is 17.4. The highest BCUT2D eigenvalue weighted by Gasteiger charge is 2.16. The van der Waals surface area contributed by atoms with Crippen LogP contribution in [0.25, 0.3) is 0 Å². The van der Waals surface area contributed by atoms with Crippen LogP contribution in [0.3, 0.4) is 0 Å². The molecule has 0 aliphatic carbocycles. The van der Waals surface area contributed by atoms with E-state index in [1.165, 1.54) is 7.11 Å². The van der Waals surface area contributed by atoms with Gasteiger partial charge in [0.15, 0.2) is 11.5 Å². The first-order chi connectivity index (χ1) is 16.7. The van der Waals surface area contributed by atoms with Crippen LogP contribution in [0.15, 0.2) is 65.8 Å². The molecule has 0 spiro atoms. The van der Waals surface area contributed by atoms with E-state index in [0.717, 1.165) is 16.7 Å². The Labute approximate surface area is 204 Å². The minimum absolute atomic E-state index is 0.242. The van der Waals surface area contributed by atoms with E-state index in [9.17, 15) is 14.4 Å². The molecule has 0 unspecified atom stereocenters. The van der Waals surface area contributed by atoms with E-state index < -0.39 is 17.8 Å². The van der Waals surface area contributed by atoms with Gasteiger partial charge in [-0.1, -0.05) is 35.4 Å². The Hall–Kier alpha value is -4.46. The molecular weight excluding hydrogens is 446 g/mol. The topological polar surface area (TPSA) is 106 Å². The number of rotatable bonds is 6. The number of ether oxygens (including phenoxy) is 2. The molecule has 180 valence electrons. The van der Waals surface area contributed by atoms with Crippen molar-refractivity contribution in [2.45, 2.75) is 27.7 Å². The second-order valence-electron chi connectivity index (χ2n) is 8.03. The van der Waals surface area contributed by atoms with E-state index in [0.29, 0.717) is 28.3 Å². The molecule has 3 aromatic rings. The van der Waals surface area contributed by atoms with E-state index in [1.807, 2.05) is 45.0 Å². The highest BCUT2D eigenvalue weighted by molar-refractivity contribution is 6.39. The fraction of sp³-hybridized carbons (Fsp3) is 0.185. The number of nitrogens with one attached hydrogen (secondary N) is 2. The summed E-state index contributed by atoms with van der Waals surface area (Å²) in [6.07, 6.45) is 0. The molecule has 0 radical (unpaired) electrons. The van der Waals surface area contributed by atoms with Gasteiger partial charge in [0.1, 0.15) is 0 Å². The lowest BCUT2D eigenvalue weighted by Crippen LogP contribution is -2.33. The molecule has 2 amide bonds. The van der Waals surface area contributed by atoms with E-state index in [2.05, 4.69) is 15.8 Å². The maximum absolute atomic E-state index is 12.4. The fourth-order valence-corrected chi connectivity index (χ4v) is 3.21. The van der Waals surface area contributed by atoms with Crippen LogP contribution in [-0.2, 0) is 9.59 Å². The molecule has 2 N–H and O–H groups in total. The molecule has 3 rings (SSSR count). The van der Waals surface area contributed by atoms with E-state index >= 15 is 0 Å². The van der Waals surface area contributed by atoms with Gasteiger partial charge in [-0.05, 0) is 69.7 Å². The third-order valence-corrected chi connectivity index (χ3v) is 5.23. The number of methoxy groups -OCH3 is 1. The molecule has 8 heteroatoms. The van der Waals surface area contributed by atoms with Crippen molar-refractivity contribution in [2.24, 2.45) is 5.10 Å². The predicted octanol–water partition coefficient (Wildman–Crippen LogP) is 4.32. The maximum Gasteiger partial charge on any atom is 0.343 e. The summed E-state index contributed by atoms with van der Waals surface area (Å²) in [4.78, 5) is 36.9. The Balaban J connectivity index is 1.66. The van der Waals surface area contributed by atoms with Crippen LogP contribution in [0.4, 0.5) is 5.69 Å². The van der Waals surface area contributed by atoms with Gasteiger partial charge in [-0.3, -0.25) is 9.59 Å². The number of anilines is 1. The van der Waals surface area contributed by atoms with Crippen molar-refractivity contribution >= 4 is 29.2 Å². The first-order valence-electron chi connectivity index (χ1n) is 10.9. The second kappa shape index (κ2) is 11.1. The molecule has 0 aromatic heterocycles. The molecule has 0 aliphatic heterocycles. The largest absolute Gasteiger partial charge is 0.493 e. The number of amides is 2. The number of carbonyl (C=O) groups is 3. The van der Waals surface area contributed by atoms with Crippen LogP contribution in [0.5, 0.6) is 11.5 Å². The Kier molecular flexibility index (Phi) is 7.99. The number of benzene rings is 3. The van der Waals surface area contributed by atoms with Gasteiger partial charge in [0.05, 0.1) is 18.4 Å². The summed E-state index contributed by atoms with van der Waals surface area (Å²) in [5.74, 6) is -1.68. The van der Waals surface area contributed by atoms with Crippen molar-refractivity contribution in [1.29, 1.82) is 0 Å². The van der Waals surface area contributed by atoms with Crippen LogP contribution < -0.4 is 20.2 Å². The van der Waals surface area contributed by atoms with Crippen molar-refractivity contribution in [3.8, 4) is 11.5 Å². The SMILES string of the molecule is COc1cc(/C(C)=N/NC(=O)C(=O)Nc2ccc(C)cc2C)ccc1OC(=O)c1ccc(C)cc1. The van der Waals surface area contributed by atoms with Gasteiger partial charge in [-0.2, -0.15) is 5.10 Å². The fourth-order valence-electron chi connectivity index (χ4n) is 3.21. The molecule has 0 aliphatic rings. The number of aryl methyl sites for hydroxylation is 3. The smallest absolute Gasteiger partial charge is 0.343 e. The summed E-state index contributed by atoms with van der Waals surface area (Å²) in [5.41, 5.74) is 7.19. The predicted molar refractivity (Wildman–Crippen MR) is 134 cm³/mol. The van der Waals surface area contributed by atoms with Crippen LogP contribution in [0.2, 0.25) is 0 Å². The van der Waals surface area contributed by atoms with Gasteiger partial charge in [0.25, 0.3) is 0 Å². The van der Waals surface area contributed by atoms with Crippen LogP contribution in [0, 0.1) is 20.8 Å². The summed E-state index contributed by atoms with van der Waals surface area (Å²) < 4.78 is 10.8. The van der Waals surface area contributed by atoms with Gasteiger partial charge in [0, 0.05) is 11.3 Å². The minimum Gasteiger partial charge on any atom is -0.493 e. The van der Waals surface area contributed by atoms with Crippen LogP contribution >= 0.6 is 0 Å². The zero-order valence-corrected chi connectivity index (χ0v) is 20.3. The first kappa shape index (κ1) is 25.2. The lowest BCUT2D eigenvalue weighted by atomic mass is 10.1. The minimum atomic E-state index is -0.903. The Morgan fingerprint density at radius 3 is 2.09 bits per heavy atom. The van der Waals surface area contributed by atoms with Gasteiger partial charge in [-0.25, -0.2) is 10.2 Å². The van der Waals surface area contributed by atoms with Crippen LogP contribution in [-0.4, -0.2) is 30.6 Å². The summed E-state index contributed by atoms with van der Waals surface area (Å²) in [7, 11) is 1.45. The molecular formula is C27H27N3O5. The monoisotopic (exact) mass is 473 g/mol. The Bertz CT molecular complexity index is 1300. The quantitative estimate of drug-likeness (QED) is 0.182. The average molecular weight is 474 g/mol. The summed E-state index contributed by atoms with van der Waals surface area (Å²) in [6.45, 7) is 7.38. The second-order valence-corrected chi connectivity index (χ2v) is 8.03. The third-order valence-electron chi connectivity index (χ3n) is 5.23. The highest BCUT2D eigenvalue weighted by Crippen LogP contribution is 2.29. The van der Waals surface area contributed by atoms with E-state index in [4.69, 9.17) is 9.47 Å². The zero-order chi connectivity index (χ0) is 25.5. The van der Waals surface area contributed by atoms with E-state index in [-0.39, 0.29) is 5.75 Å². The van der Waals surface area contributed by atoms with Crippen molar-refractivity contribution in [3.63, 3.8) is 0 Å². The van der Waals surface area contributed by atoms with E-state index in [1.54, 1.807) is 43.3 Å². The number of carbonyl (C=O) groups excluding carboxylic acids is 3. The lowest BCUT2D eigenvalue weighted by molar-refractivity contribution is -0.136. The Morgan fingerprint density at radius 1 is 0.771 bits per heavy atom. The van der Waals surface area contributed by atoms with Gasteiger partial charge < -0.3 is 14.8 Å². The van der Waals surface area contributed by atoms with Crippen LogP contribution in [0.1, 0.15) is 39.5 Å². The molecule has 0 fully saturated rings. The Morgan fingerprint density at radius 2 is 1.43 bits per heavy atom. The first-order valence-corrected chi connectivity index (χ1v) is 10.9. The van der Waals surface area contributed by atoms with Crippen molar-refractivity contribution in [1.82, 2.24) is 5.43 Å². The highest BCUT2D eigenvalue weighted by atomic mass is 16.6. The normalized spacial score (nSPS) is 10.9. The number of hydrazone groups is 1. The van der Waals surface area contributed by atoms with Gasteiger partial charge in [0.2, 0.25) is 0 Å². The van der Waals surface area contributed by atoms with Crippen molar-refractivity contribution < 1.29 is 23.9 Å². The summed E-state index contributed by atoms with van der Waals surface area (Å²) >= 11 is 0. The molecule has 8 nitrogen and oxygen atoms in total. The van der Waals surface area contributed by atoms with Gasteiger partial charge >= 0.3 is 17.8 Å². The lowest BCUT2D eigenvalue weighted by Gasteiger charge is -2.11. The summed E-state index contributed by atoms with van der Waals surface area (Å²) in [5, 5.41) is 6.58. The number of nitrogens with zero attached hydrogens (tertiary/aromatic N) is 1. The number of esters is 1. The standard InChI is InChI=1S/C27H27N3O5/c1-16-6-9-20(10-7-16)27(33)35-23-13-11-21(15-24(23)34-5)19(4)29-30-26(32)25(31)28-22-12-8-17(2)14-18(22)3/h6-15H,1-5H3,(H,28,31)(H,30,32)/b29-19+. The van der Waals surface area contributed by atoms with Crippen molar-refractivity contribution in [3.05, 3.63) is 88.5 Å². The molecule has 3 aromatic carbocycles. The molecule has 0 saturated carbocycles. The molecule has 0 heterocycles. The van der Waals surface area contributed by atoms with Crippen molar-refractivity contribution in [2.75, 3.05) is 12.4 Å². The average Bonchev–Trinajstić information content (AvgIpc) is 2.84. The zero-order valence-electron chi connectivity index (χ0n) is 20.3. The third kappa shape index (κ3) is 6.54. The van der Waals surface area contributed by atoms with Gasteiger partial charge in [-0.15, -0.1) is 0 Å². The molecule has 0 bridgehead atoms. The molecule has 35 heavy (non-hydrogen) atoms. The molecule has 0 saturated heterocycles. The number of hydrogen-bond acceptors (Lipinski definition) is 6. The maximum atomic E-state index is 12.4. The molecule has 0 atom stereocenters. The number of hydrogen-bond donors (Lipinski definition) is 2.